The Labute approximate surface area is 110 Å². The van der Waals surface area contributed by atoms with Crippen molar-refractivity contribution in [2.24, 2.45) is 0 Å². The summed E-state index contributed by atoms with van der Waals surface area (Å²) in [7, 11) is 4.29. The zero-order valence-electron chi connectivity index (χ0n) is 10.7. The van der Waals surface area contributed by atoms with E-state index in [1.54, 1.807) is 0 Å². The monoisotopic (exact) mass is 293 g/mol. The lowest BCUT2D eigenvalue weighted by Gasteiger charge is -2.39. The molecule has 0 aliphatic heterocycles. The van der Waals surface area contributed by atoms with Gasteiger partial charge in [-0.1, -0.05) is 6.42 Å². The van der Waals surface area contributed by atoms with Crippen molar-refractivity contribution in [1.29, 1.82) is 0 Å². The number of nitrogens with zero attached hydrogens (tertiary/aromatic N) is 1. The Balaban J connectivity index is 0.00000225. The number of likely N-dealkylation sites (N-methyl/N-ethyl adjacent to an activating group) is 1. The second-order valence-electron chi connectivity index (χ2n) is 5.03. The Hall–Kier alpha value is -0.0900. The van der Waals surface area contributed by atoms with E-state index in [1.807, 2.05) is 6.92 Å². The van der Waals surface area contributed by atoms with Crippen molar-refractivity contribution in [2.75, 3.05) is 27.2 Å². The number of esters is 1. The number of hydrogen-bond acceptors (Lipinski definition) is 2. The van der Waals surface area contributed by atoms with E-state index in [1.165, 1.54) is 32.1 Å². The third-order valence-corrected chi connectivity index (χ3v) is 3.41. The number of quaternary nitrogens is 1. The molecule has 0 atom stereocenters. The SMILES string of the molecule is CCOC(=O)C[N+](C)(C)C1CCCCC1.[Br-]. The van der Waals surface area contributed by atoms with Gasteiger partial charge < -0.3 is 26.2 Å². The molecule has 0 bridgehead atoms. The molecule has 1 fully saturated rings. The number of carbonyl (C=O) groups is 1. The molecular weight excluding hydrogens is 270 g/mol. The summed E-state index contributed by atoms with van der Waals surface area (Å²) in [4.78, 5) is 11.5. The molecule has 1 saturated carbocycles. The largest absolute Gasteiger partial charge is 1.00 e. The summed E-state index contributed by atoms with van der Waals surface area (Å²) in [5, 5.41) is 0. The van der Waals surface area contributed by atoms with Crippen LogP contribution < -0.4 is 17.0 Å². The van der Waals surface area contributed by atoms with Crippen LogP contribution in [0.3, 0.4) is 0 Å². The summed E-state index contributed by atoms with van der Waals surface area (Å²) in [6, 6.07) is 0.642. The topological polar surface area (TPSA) is 26.3 Å². The second kappa shape index (κ2) is 7.28. The molecule has 0 amide bonds. The van der Waals surface area contributed by atoms with E-state index in [4.69, 9.17) is 4.74 Å². The molecule has 1 aliphatic carbocycles. The first-order chi connectivity index (χ1) is 7.06. The van der Waals surface area contributed by atoms with Crippen molar-refractivity contribution in [3.63, 3.8) is 0 Å². The van der Waals surface area contributed by atoms with E-state index in [9.17, 15) is 4.79 Å². The Kier molecular flexibility index (Phi) is 7.24. The minimum atomic E-state index is -0.0620. The predicted octanol–water partition coefficient (Wildman–Crippen LogP) is -1.04. The van der Waals surface area contributed by atoms with Crippen LogP contribution in [0.15, 0.2) is 0 Å². The fourth-order valence-corrected chi connectivity index (χ4v) is 2.45. The van der Waals surface area contributed by atoms with Crippen molar-refractivity contribution < 1.29 is 31.0 Å². The highest BCUT2D eigenvalue weighted by Gasteiger charge is 2.32. The summed E-state index contributed by atoms with van der Waals surface area (Å²) in [6.07, 6.45) is 6.50. The maximum Gasteiger partial charge on any atom is 0.361 e. The molecule has 0 saturated heterocycles. The Morgan fingerprint density at radius 3 is 2.31 bits per heavy atom. The smallest absolute Gasteiger partial charge is 0.361 e. The predicted molar refractivity (Wildman–Crippen MR) is 60.5 cm³/mol. The molecule has 16 heavy (non-hydrogen) atoms. The van der Waals surface area contributed by atoms with Gasteiger partial charge in [0, 0.05) is 0 Å². The molecule has 0 radical (unpaired) electrons. The first-order valence-corrected chi connectivity index (χ1v) is 6.04. The molecule has 0 N–H and O–H groups in total. The van der Waals surface area contributed by atoms with Crippen molar-refractivity contribution in [1.82, 2.24) is 0 Å². The van der Waals surface area contributed by atoms with Crippen LogP contribution in [0.5, 0.6) is 0 Å². The fraction of sp³-hybridized carbons (Fsp3) is 0.917. The fourth-order valence-electron chi connectivity index (χ4n) is 2.45. The van der Waals surface area contributed by atoms with Crippen molar-refractivity contribution in [3.8, 4) is 0 Å². The van der Waals surface area contributed by atoms with Gasteiger partial charge in [0.1, 0.15) is 0 Å². The maximum atomic E-state index is 11.5. The quantitative estimate of drug-likeness (QED) is 0.489. The van der Waals surface area contributed by atoms with Gasteiger partial charge >= 0.3 is 5.97 Å². The van der Waals surface area contributed by atoms with Gasteiger partial charge in [-0.15, -0.1) is 0 Å². The van der Waals surface area contributed by atoms with Gasteiger partial charge in [0.15, 0.2) is 6.54 Å². The highest BCUT2D eigenvalue weighted by atomic mass is 79.9. The molecule has 0 spiro atoms. The Bertz CT molecular complexity index is 213. The standard InChI is InChI=1S/C12H24NO2.BrH/c1-4-15-12(14)10-13(2,3)11-8-6-5-7-9-11;/h11H,4-10H2,1-3H3;1H/q+1;/p-1. The maximum absolute atomic E-state index is 11.5. The van der Waals surface area contributed by atoms with Crippen LogP contribution in [0, 0.1) is 0 Å². The summed E-state index contributed by atoms with van der Waals surface area (Å²) in [5.74, 6) is -0.0620. The number of halogens is 1. The average Bonchev–Trinajstić information content (AvgIpc) is 2.18. The van der Waals surface area contributed by atoms with Gasteiger partial charge in [-0.05, 0) is 32.6 Å². The zero-order valence-corrected chi connectivity index (χ0v) is 12.3. The van der Waals surface area contributed by atoms with Gasteiger partial charge in [0.2, 0.25) is 0 Å². The molecule has 0 aromatic rings. The number of carbonyl (C=O) groups excluding carboxylic acids is 1. The van der Waals surface area contributed by atoms with Crippen LogP contribution in [0.1, 0.15) is 39.0 Å². The lowest BCUT2D eigenvalue weighted by atomic mass is 9.93. The van der Waals surface area contributed by atoms with E-state index < -0.39 is 0 Å². The van der Waals surface area contributed by atoms with Crippen LogP contribution in [0.4, 0.5) is 0 Å². The van der Waals surface area contributed by atoms with Crippen molar-refractivity contribution in [2.45, 2.75) is 45.1 Å². The number of ether oxygens (including phenoxy) is 1. The minimum Gasteiger partial charge on any atom is -1.00 e. The van der Waals surface area contributed by atoms with Crippen LogP contribution >= 0.6 is 0 Å². The van der Waals surface area contributed by atoms with E-state index in [0.29, 0.717) is 19.2 Å². The molecule has 4 heteroatoms. The van der Waals surface area contributed by atoms with E-state index >= 15 is 0 Å². The molecule has 0 heterocycles. The molecular formula is C12H24BrNO2. The first kappa shape index (κ1) is 15.9. The lowest BCUT2D eigenvalue weighted by Crippen LogP contribution is -3.00. The van der Waals surface area contributed by atoms with Crippen LogP contribution in [0.2, 0.25) is 0 Å². The Morgan fingerprint density at radius 2 is 1.81 bits per heavy atom. The third kappa shape index (κ3) is 4.83. The highest BCUT2D eigenvalue weighted by Crippen LogP contribution is 2.25. The summed E-state index contributed by atoms with van der Waals surface area (Å²) >= 11 is 0. The molecule has 1 rings (SSSR count). The van der Waals surface area contributed by atoms with Crippen molar-refractivity contribution >= 4 is 5.97 Å². The molecule has 3 nitrogen and oxygen atoms in total. The van der Waals surface area contributed by atoms with E-state index in [-0.39, 0.29) is 23.0 Å². The van der Waals surface area contributed by atoms with Crippen LogP contribution in [-0.4, -0.2) is 43.7 Å². The van der Waals surface area contributed by atoms with Gasteiger partial charge in [0.25, 0.3) is 0 Å². The minimum absolute atomic E-state index is 0. The molecule has 0 unspecified atom stereocenters. The average molecular weight is 294 g/mol. The van der Waals surface area contributed by atoms with Gasteiger partial charge in [-0.25, -0.2) is 4.79 Å². The van der Waals surface area contributed by atoms with E-state index in [0.717, 1.165) is 4.48 Å². The van der Waals surface area contributed by atoms with Crippen LogP contribution in [-0.2, 0) is 9.53 Å². The van der Waals surface area contributed by atoms with Gasteiger partial charge in [-0.3, -0.25) is 0 Å². The normalized spacial score (nSPS) is 17.7. The highest BCUT2D eigenvalue weighted by molar-refractivity contribution is 5.70. The summed E-state index contributed by atoms with van der Waals surface area (Å²) in [5.41, 5.74) is 0. The molecule has 1 aliphatic rings. The second-order valence-corrected chi connectivity index (χ2v) is 5.03. The van der Waals surface area contributed by atoms with Crippen molar-refractivity contribution in [3.05, 3.63) is 0 Å². The van der Waals surface area contributed by atoms with Gasteiger partial charge in [-0.2, -0.15) is 0 Å². The summed E-state index contributed by atoms with van der Waals surface area (Å²) in [6.45, 7) is 2.86. The molecule has 0 aromatic heterocycles. The summed E-state index contributed by atoms with van der Waals surface area (Å²) < 4.78 is 5.80. The molecule has 96 valence electrons. The van der Waals surface area contributed by atoms with Crippen LogP contribution in [0.25, 0.3) is 0 Å². The molecule has 0 aromatic carbocycles. The number of hydrogen-bond donors (Lipinski definition) is 0. The number of rotatable bonds is 4. The van der Waals surface area contributed by atoms with Gasteiger partial charge in [0.05, 0.1) is 26.7 Å². The first-order valence-electron chi connectivity index (χ1n) is 6.04. The Morgan fingerprint density at radius 1 is 1.25 bits per heavy atom. The lowest BCUT2D eigenvalue weighted by molar-refractivity contribution is -0.909. The third-order valence-electron chi connectivity index (χ3n) is 3.41. The zero-order chi connectivity index (χ0) is 11.3. The van der Waals surface area contributed by atoms with E-state index in [2.05, 4.69) is 14.1 Å².